The van der Waals surface area contributed by atoms with Gasteiger partial charge < -0.3 is 19.5 Å². The van der Waals surface area contributed by atoms with Gasteiger partial charge in [-0.05, 0) is 61.9 Å². The van der Waals surface area contributed by atoms with Crippen molar-refractivity contribution >= 4 is 16.7 Å². The van der Waals surface area contributed by atoms with Crippen LogP contribution in [-0.2, 0) is 4.79 Å². The van der Waals surface area contributed by atoms with Crippen LogP contribution in [-0.4, -0.2) is 24.7 Å². The Balaban J connectivity index is 1.51. The minimum absolute atomic E-state index is 0.167. The second-order valence-corrected chi connectivity index (χ2v) is 8.30. The fourth-order valence-electron chi connectivity index (χ4n) is 3.88. The summed E-state index contributed by atoms with van der Waals surface area (Å²) in [6.07, 6.45) is 0.0212. The number of fused-ring (bicyclic) bond motifs is 2. The van der Waals surface area contributed by atoms with Crippen molar-refractivity contribution in [3.8, 4) is 17.2 Å². The molecule has 1 amide bonds. The second kappa shape index (κ2) is 7.90. The highest BCUT2D eigenvalue weighted by atomic mass is 16.5. The van der Waals surface area contributed by atoms with Gasteiger partial charge in [0.2, 0.25) is 0 Å². The molecule has 5 heteroatoms. The van der Waals surface area contributed by atoms with Crippen LogP contribution in [0.25, 0.3) is 10.8 Å². The maximum atomic E-state index is 12.9. The number of hydrogen-bond acceptors (Lipinski definition) is 4. The minimum atomic E-state index is -0.633. The van der Waals surface area contributed by atoms with Gasteiger partial charge in [0, 0.05) is 12.0 Å². The second-order valence-electron chi connectivity index (χ2n) is 8.30. The Labute approximate surface area is 177 Å². The number of carbonyl (C=O) groups is 1. The smallest absolute Gasteiger partial charge is 0.261 e. The van der Waals surface area contributed by atoms with E-state index in [4.69, 9.17) is 14.2 Å². The summed E-state index contributed by atoms with van der Waals surface area (Å²) < 4.78 is 17.4. The molecule has 0 fully saturated rings. The number of carbonyl (C=O) groups excluding carboxylic acids is 1. The highest BCUT2D eigenvalue weighted by Crippen LogP contribution is 2.41. The van der Waals surface area contributed by atoms with Crippen LogP contribution in [0.3, 0.4) is 0 Å². The third-order valence-electron chi connectivity index (χ3n) is 5.39. The molecular weight excluding hydrogens is 378 g/mol. The van der Waals surface area contributed by atoms with E-state index in [1.165, 1.54) is 0 Å². The van der Waals surface area contributed by atoms with E-state index < -0.39 is 6.10 Å². The van der Waals surface area contributed by atoms with Gasteiger partial charge in [0.15, 0.2) is 6.10 Å². The standard InChI is InChI=1S/C25H27NO4/c1-16(29-20-10-9-17-7-5-6-8-18(17)13-20)24(27)26-22-15-25(2,3)30-23-12-11-19(28-4)14-21(22)23/h5-14,16,22H,15H2,1-4H3,(H,26,27)/t16-,22+/m1/s1. The zero-order chi connectivity index (χ0) is 21.3. The van der Waals surface area contributed by atoms with E-state index in [2.05, 4.69) is 5.32 Å². The summed E-state index contributed by atoms with van der Waals surface area (Å²) >= 11 is 0. The Bertz CT molecular complexity index is 1080. The molecule has 30 heavy (non-hydrogen) atoms. The summed E-state index contributed by atoms with van der Waals surface area (Å²) in [5, 5.41) is 5.35. The van der Waals surface area contributed by atoms with Gasteiger partial charge >= 0.3 is 0 Å². The molecule has 1 N–H and O–H groups in total. The van der Waals surface area contributed by atoms with Crippen molar-refractivity contribution in [2.24, 2.45) is 0 Å². The quantitative estimate of drug-likeness (QED) is 0.647. The number of amides is 1. The monoisotopic (exact) mass is 405 g/mol. The Morgan fingerprint density at radius 1 is 1.07 bits per heavy atom. The predicted octanol–water partition coefficient (Wildman–Crippen LogP) is 5.03. The first-order valence-corrected chi connectivity index (χ1v) is 10.2. The van der Waals surface area contributed by atoms with Crippen LogP contribution in [0.15, 0.2) is 60.7 Å². The third-order valence-corrected chi connectivity index (χ3v) is 5.39. The number of benzene rings is 3. The number of hydrogen-bond donors (Lipinski definition) is 1. The fourth-order valence-corrected chi connectivity index (χ4v) is 3.88. The first-order valence-electron chi connectivity index (χ1n) is 10.2. The van der Waals surface area contributed by atoms with Crippen molar-refractivity contribution < 1.29 is 19.0 Å². The lowest BCUT2D eigenvalue weighted by molar-refractivity contribution is -0.128. The molecular formula is C25H27NO4. The molecule has 0 saturated heterocycles. The fraction of sp³-hybridized carbons (Fsp3) is 0.320. The van der Waals surface area contributed by atoms with E-state index in [1.54, 1.807) is 14.0 Å². The van der Waals surface area contributed by atoms with E-state index in [1.807, 2.05) is 74.5 Å². The number of methoxy groups -OCH3 is 1. The van der Waals surface area contributed by atoms with Gasteiger partial charge in [0.05, 0.1) is 13.2 Å². The van der Waals surface area contributed by atoms with Crippen molar-refractivity contribution in [3.05, 3.63) is 66.2 Å². The molecule has 0 bridgehead atoms. The molecule has 2 atom stereocenters. The van der Waals surface area contributed by atoms with Crippen LogP contribution >= 0.6 is 0 Å². The van der Waals surface area contributed by atoms with Crippen molar-refractivity contribution in [1.29, 1.82) is 0 Å². The summed E-state index contributed by atoms with van der Waals surface area (Å²) in [5.74, 6) is 2.00. The van der Waals surface area contributed by atoms with Gasteiger partial charge in [-0.3, -0.25) is 4.79 Å². The van der Waals surface area contributed by atoms with E-state index >= 15 is 0 Å². The molecule has 0 spiro atoms. The number of ether oxygens (including phenoxy) is 3. The summed E-state index contributed by atoms with van der Waals surface area (Å²) in [4.78, 5) is 12.9. The maximum absolute atomic E-state index is 12.9. The van der Waals surface area contributed by atoms with Crippen LogP contribution in [0.2, 0.25) is 0 Å². The maximum Gasteiger partial charge on any atom is 0.261 e. The van der Waals surface area contributed by atoms with Crippen LogP contribution < -0.4 is 19.5 Å². The Morgan fingerprint density at radius 3 is 2.57 bits per heavy atom. The van der Waals surface area contributed by atoms with Crippen LogP contribution in [0.1, 0.15) is 38.8 Å². The molecule has 0 aliphatic carbocycles. The van der Waals surface area contributed by atoms with Crippen molar-refractivity contribution in [1.82, 2.24) is 5.32 Å². The average molecular weight is 405 g/mol. The van der Waals surface area contributed by atoms with Crippen LogP contribution in [0.5, 0.6) is 17.2 Å². The van der Waals surface area contributed by atoms with E-state index in [0.29, 0.717) is 12.2 Å². The zero-order valence-corrected chi connectivity index (χ0v) is 17.8. The van der Waals surface area contributed by atoms with Crippen molar-refractivity contribution in [2.75, 3.05) is 7.11 Å². The van der Waals surface area contributed by atoms with Crippen LogP contribution in [0, 0.1) is 0 Å². The molecule has 1 heterocycles. The van der Waals surface area contributed by atoms with Gasteiger partial charge in [-0.2, -0.15) is 0 Å². The third kappa shape index (κ3) is 4.20. The lowest BCUT2D eigenvalue weighted by Crippen LogP contribution is -2.44. The summed E-state index contributed by atoms with van der Waals surface area (Å²) in [7, 11) is 1.63. The predicted molar refractivity (Wildman–Crippen MR) is 117 cm³/mol. The topological polar surface area (TPSA) is 56.8 Å². The first-order chi connectivity index (χ1) is 14.3. The molecule has 156 valence electrons. The zero-order valence-electron chi connectivity index (χ0n) is 17.8. The van der Waals surface area contributed by atoms with Gasteiger partial charge in [-0.25, -0.2) is 0 Å². The van der Waals surface area contributed by atoms with Gasteiger partial charge in [0.1, 0.15) is 22.8 Å². The molecule has 1 aliphatic rings. The minimum Gasteiger partial charge on any atom is -0.497 e. The Kier molecular flexibility index (Phi) is 5.29. The Hall–Kier alpha value is -3.21. The SMILES string of the molecule is COc1ccc2c(c1)[C@@H](NC(=O)[C@@H](C)Oc1ccc3ccccc3c1)CC(C)(C)O2. The highest BCUT2D eigenvalue weighted by molar-refractivity contribution is 5.84. The normalized spacial score (nSPS) is 18.1. The summed E-state index contributed by atoms with van der Waals surface area (Å²) in [6, 6.07) is 19.4. The Morgan fingerprint density at radius 2 is 1.80 bits per heavy atom. The molecule has 3 aromatic rings. The van der Waals surface area contributed by atoms with Gasteiger partial charge in [-0.1, -0.05) is 30.3 Å². The van der Waals surface area contributed by atoms with E-state index in [9.17, 15) is 4.79 Å². The summed E-state index contributed by atoms with van der Waals surface area (Å²) in [5.41, 5.74) is 0.530. The molecule has 0 unspecified atom stereocenters. The molecule has 0 saturated carbocycles. The average Bonchev–Trinajstić information content (AvgIpc) is 2.72. The molecule has 1 aliphatic heterocycles. The van der Waals surface area contributed by atoms with E-state index in [0.717, 1.165) is 27.8 Å². The lowest BCUT2D eigenvalue weighted by Gasteiger charge is -2.38. The molecule has 4 rings (SSSR count). The number of nitrogens with one attached hydrogen (secondary N) is 1. The molecule has 3 aromatic carbocycles. The van der Waals surface area contributed by atoms with Crippen molar-refractivity contribution in [2.45, 2.75) is 44.9 Å². The number of rotatable bonds is 5. The first kappa shape index (κ1) is 20.1. The molecule has 5 nitrogen and oxygen atoms in total. The van der Waals surface area contributed by atoms with Crippen molar-refractivity contribution in [3.63, 3.8) is 0 Å². The van der Waals surface area contributed by atoms with Gasteiger partial charge in [0.25, 0.3) is 5.91 Å². The van der Waals surface area contributed by atoms with E-state index in [-0.39, 0.29) is 17.6 Å². The van der Waals surface area contributed by atoms with Crippen LogP contribution in [0.4, 0.5) is 0 Å². The largest absolute Gasteiger partial charge is 0.497 e. The molecule has 0 radical (unpaired) electrons. The lowest BCUT2D eigenvalue weighted by atomic mass is 9.89. The molecule has 0 aromatic heterocycles. The highest BCUT2D eigenvalue weighted by Gasteiger charge is 2.35. The van der Waals surface area contributed by atoms with Gasteiger partial charge in [-0.15, -0.1) is 0 Å². The summed E-state index contributed by atoms with van der Waals surface area (Å²) in [6.45, 7) is 5.81.